The second-order valence-electron chi connectivity index (χ2n) is 3.76. The Morgan fingerprint density at radius 3 is 3.00 bits per heavy atom. The van der Waals surface area contributed by atoms with Gasteiger partial charge in [0.2, 0.25) is 0 Å². The number of nitrogen functional groups attached to an aromatic ring is 1. The molecule has 0 radical (unpaired) electrons. The van der Waals surface area contributed by atoms with Gasteiger partial charge in [0.05, 0.1) is 24.1 Å². The Kier molecular flexibility index (Phi) is 2.52. The van der Waals surface area contributed by atoms with E-state index in [0.29, 0.717) is 29.8 Å². The third-order valence-corrected chi connectivity index (χ3v) is 2.57. The predicted octanol–water partition coefficient (Wildman–Crippen LogP) is 0.509. The third-order valence-electron chi connectivity index (χ3n) is 2.57. The molecule has 3 rings (SSSR count). The minimum atomic E-state index is 0.549. The molecule has 0 spiro atoms. The Balaban J connectivity index is 1.75. The molecular formula is C10H11N7O. The first-order chi connectivity index (χ1) is 8.84. The summed E-state index contributed by atoms with van der Waals surface area (Å²) < 4.78 is 6.43. The lowest BCUT2D eigenvalue weighted by Crippen LogP contribution is -2.11. The molecule has 0 atom stereocenters. The molecule has 8 heteroatoms. The molecule has 0 fully saturated rings. The van der Waals surface area contributed by atoms with Crippen molar-refractivity contribution in [2.24, 2.45) is 0 Å². The highest BCUT2D eigenvalue weighted by molar-refractivity contribution is 5.94. The standard InChI is InChI=1S/C10H11N7O/c11-7-1-2-8(10-9(7)14-18-15-10)12-3-5-17-6-4-13-16-17/h1-2,4,6,12H,3,5,11H2. The quantitative estimate of drug-likeness (QED) is 0.644. The van der Waals surface area contributed by atoms with Crippen molar-refractivity contribution < 1.29 is 4.63 Å². The lowest BCUT2D eigenvalue weighted by Gasteiger charge is -2.06. The number of hydrogen-bond acceptors (Lipinski definition) is 7. The summed E-state index contributed by atoms with van der Waals surface area (Å²) in [6.45, 7) is 1.40. The maximum absolute atomic E-state index is 5.76. The van der Waals surface area contributed by atoms with Crippen LogP contribution in [0.15, 0.2) is 29.2 Å². The van der Waals surface area contributed by atoms with Gasteiger partial charge in [0.1, 0.15) is 0 Å². The molecule has 0 aliphatic rings. The van der Waals surface area contributed by atoms with Crippen LogP contribution >= 0.6 is 0 Å². The van der Waals surface area contributed by atoms with E-state index in [1.54, 1.807) is 23.1 Å². The van der Waals surface area contributed by atoms with Crippen LogP contribution in [0.2, 0.25) is 0 Å². The molecule has 3 aromatic rings. The van der Waals surface area contributed by atoms with Crippen molar-refractivity contribution in [2.45, 2.75) is 6.54 Å². The lowest BCUT2D eigenvalue weighted by atomic mass is 10.2. The zero-order valence-corrected chi connectivity index (χ0v) is 9.45. The smallest absolute Gasteiger partial charge is 0.160 e. The zero-order chi connectivity index (χ0) is 12.4. The summed E-state index contributed by atoms with van der Waals surface area (Å²) in [5.74, 6) is 0. The lowest BCUT2D eigenvalue weighted by molar-refractivity contribution is 0.315. The van der Waals surface area contributed by atoms with Crippen molar-refractivity contribution in [1.82, 2.24) is 25.3 Å². The second kappa shape index (κ2) is 4.32. The van der Waals surface area contributed by atoms with Crippen LogP contribution in [-0.2, 0) is 6.54 Å². The molecule has 0 aliphatic carbocycles. The molecule has 8 nitrogen and oxygen atoms in total. The van der Waals surface area contributed by atoms with Gasteiger partial charge in [0, 0.05) is 12.7 Å². The molecule has 0 amide bonds. The zero-order valence-electron chi connectivity index (χ0n) is 9.45. The Bertz CT molecular complexity index is 645. The van der Waals surface area contributed by atoms with Crippen LogP contribution in [0.25, 0.3) is 11.0 Å². The number of benzene rings is 1. The van der Waals surface area contributed by atoms with Crippen LogP contribution in [0.1, 0.15) is 0 Å². The minimum Gasteiger partial charge on any atom is -0.397 e. The molecule has 18 heavy (non-hydrogen) atoms. The Morgan fingerprint density at radius 1 is 1.28 bits per heavy atom. The summed E-state index contributed by atoms with van der Waals surface area (Å²) in [6.07, 6.45) is 3.45. The fourth-order valence-corrected chi connectivity index (χ4v) is 1.69. The molecule has 0 saturated heterocycles. The Morgan fingerprint density at radius 2 is 2.17 bits per heavy atom. The molecule has 3 N–H and O–H groups in total. The van der Waals surface area contributed by atoms with E-state index in [1.807, 2.05) is 6.07 Å². The first-order valence-electron chi connectivity index (χ1n) is 5.43. The normalized spacial score (nSPS) is 10.9. The number of nitrogens with one attached hydrogen (secondary N) is 1. The number of nitrogens with two attached hydrogens (primary N) is 1. The monoisotopic (exact) mass is 245 g/mol. The molecular weight excluding hydrogens is 234 g/mol. The molecule has 92 valence electrons. The maximum Gasteiger partial charge on any atom is 0.160 e. The van der Waals surface area contributed by atoms with Crippen molar-refractivity contribution in [2.75, 3.05) is 17.6 Å². The summed E-state index contributed by atoms with van der Waals surface area (Å²) in [5, 5.41) is 18.4. The van der Waals surface area contributed by atoms with E-state index in [9.17, 15) is 0 Å². The number of hydrogen-bond donors (Lipinski definition) is 2. The van der Waals surface area contributed by atoms with E-state index >= 15 is 0 Å². The van der Waals surface area contributed by atoms with Gasteiger partial charge < -0.3 is 11.1 Å². The van der Waals surface area contributed by atoms with Crippen molar-refractivity contribution in [3.63, 3.8) is 0 Å². The largest absolute Gasteiger partial charge is 0.397 e. The van der Waals surface area contributed by atoms with Crippen LogP contribution in [-0.4, -0.2) is 31.9 Å². The van der Waals surface area contributed by atoms with Gasteiger partial charge >= 0.3 is 0 Å². The van der Waals surface area contributed by atoms with E-state index in [-0.39, 0.29) is 0 Å². The fraction of sp³-hybridized carbons (Fsp3) is 0.200. The SMILES string of the molecule is Nc1ccc(NCCn2ccnn2)c2nonc12. The molecule has 0 unspecified atom stereocenters. The Labute approximate surface area is 102 Å². The van der Waals surface area contributed by atoms with E-state index in [0.717, 1.165) is 5.69 Å². The average Bonchev–Trinajstić information content (AvgIpc) is 3.02. The topological polar surface area (TPSA) is 108 Å². The van der Waals surface area contributed by atoms with Crippen molar-refractivity contribution >= 4 is 22.4 Å². The van der Waals surface area contributed by atoms with Crippen LogP contribution in [0.4, 0.5) is 11.4 Å². The summed E-state index contributed by atoms with van der Waals surface area (Å²) in [5.41, 5.74) is 8.35. The van der Waals surface area contributed by atoms with Gasteiger partial charge in [0.25, 0.3) is 0 Å². The van der Waals surface area contributed by atoms with Crippen LogP contribution in [0, 0.1) is 0 Å². The van der Waals surface area contributed by atoms with Gasteiger partial charge in [-0.25, -0.2) is 4.63 Å². The van der Waals surface area contributed by atoms with Gasteiger partial charge in [0.15, 0.2) is 11.0 Å². The van der Waals surface area contributed by atoms with Crippen LogP contribution in [0.3, 0.4) is 0 Å². The highest BCUT2D eigenvalue weighted by Gasteiger charge is 2.09. The Hall–Kier alpha value is -2.64. The van der Waals surface area contributed by atoms with Gasteiger partial charge in [-0.1, -0.05) is 5.21 Å². The van der Waals surface area contributed by atoms with Gasteiger partial charge in [-0.3, -0.25) is 4.68 Å². The summed E-state index contributed by atoms with van der Waals surface area (Å²) >= 11 is 0. The van der Waals surface area contributed by atoms with E-state index in [4.69, 9.17) is 10.4 Å². The number of nitrogens with zero attached hydrogens (tertiary/aromatic N) is 5. The first-order valence-corrected chi connectivity index (χ1v) is 5.43. The summed E-state index contributed by atoms with van der Waals surface area (Å²) in [4.78, 5) is 0. The van der Waals surface area contributed by atoms with Crippen LogP contribution in [0.5, 0.6) is 0 Å². The highest BCUT2D eigenvalue weighted by atomic mass is 16.6. The summed E-state index contributed by atoms with van der Waals surface area (Å²) in [6, 6.07) is 3.62. The molecule has 0 aliphatic heterocycles. The van der Waals surface area contributed by atoms with Gasteiger partial charge in [-0.2, -0.15) is 0 Å². The minimum absolute atomic E-state index is 0.549. The molecule has 0 saturated carbocycles. The first kappa shape index (κ1) is 10.5. The molecule has 2 aromatic heterocycles. The summed E-state index contributed by atoms with van der Waals surface area (Å²) in [7, 11) is 0. The van der Waals surface area contributed by atoms with Gasteiger partial charge in [-0.15, -0.1) is 5.10 Å². The molecule has 0 bridgehead atoms. The third kappa shape index (κ3) is 1.83. The van der Waals surface area contributed by atoms with Gasteiger partial charge in [-0.05, 0) is 22.4 Å². The highest BCUT2D eigenvalue weighted by Crippen LogP contribution is 2.24. The van der Waals surface area contributed by atoms with E-state index < -0.39 is 0 Å². The van der Waals surface area contributed by atoms with Crippen molar-refractivity contribution in [3.05, 3.63) is 24.5 Å². The average molecular weight is 245 g/mol. The van der Waals surface area contributed by atoms with Crippen LogP contribution < -0.4 is 11.1 Å². The van der Waals surface area contributed by atoms with Crippen molar-refractivity contribution in [1.29, 1.82) is 0 Å². The predicted molar refractivity (Wildman–Crippen MR) is 64.7 cm³/mol. The second-order valence-corrected chi connectivity index (χ2v) is 3.76. The van der Waals surface area contributed by atoms with E-state index in [1.165, 1.54) is 0 Å². The fourth-order valence-electron chi connectivity index (χ4n) is 1.69. The molecule has 2 heterocycles. The number of aromatic nitrogens is 5. The van der Waals surface area contributed by atoms with E-state index in [2.05, 4.69) is 25.9 Å². The number of rotatable bonds is 4. The van der Waals surface area contributed by atoms with Crippen molar-refractivity contribution in [3.8, 4) is 0 Å². The molecule has 1 aromatic carbocycles. The number of anilines is 2. The number of fused-ring (bicyclic) bond motifs is 1. The maximum atomic E-state index is 5.76.